The van der Waals surface area contributed by atoms with Crippen LogP contribution in [0.15, 0.2) is 12.1 Å². The zero-order chi connectivity index (χ0) is 13.7. The van der Waals surface area contributed by atoms with Crippen LogP contribution in [0.4, 0.5) is 0 Å². The Hall–Kier alpha value is -1.06. The lowest BCUT2D eigenvalue weighted by Gasteiger charge is -2.22. The van der Waals surface area contributed by atoms with Gasteiger partial charge in [0, 0.05) is 13.2 Å². The van der Waals surface area contributed by atoms with Gasteiger partial charge in [0.05, 0.1) is 6.10 Å². The van der Waals surface area contributed by atoms with Crippen LogP contribution in [0.5, 0.6) is 5.75 Å². The first-order valence-electron chi connectivity index (χ1n) is 7.28. The van der Waals surface area contributed by atoms with Crippen molar-refractivity contribution in [2.45, 2.75) is 52.2 Å². The van der Waals surface area contributed by atoms with Gasteiger partial charge in [-0.2, -0.15) is 0 Å². The lowest BCUT2D eigenvalue weighted by atomic mass is 10.1. The predicted molar refractivity (Wildman–Crippen MR) is 77.5 cm³/mol. The van der Waals surface area contributed by atoms with Crippen LogP contribution in [0.2, 0.25) is 0 Å². The number of phenolic OH excluding ortho intramolecular Hbond substituents is 1. The summed E-state index contributed by atoms with van der Waals surface area (Å²) in [5.41, 5.74) is 3.14. The number of hydrogen-bond acceptors (Lipinski definition) is 3. The standard InChI is InChI=1S/C16H25NO2/c1-12-9-14(10-13(2)16(12)18)11-17-7-6-15-5-3-4-8-19-15/h9-10,15,17-18H,3-8,11H2,1-2H3. The van der Waals surface area contributed by atoms with E-state index < -0.39 is 0 Å². The van der Waals surface area contributed by atoms with Crippen molar-refractivity contribution in [1.29, 1.82) is 0 Å². The van der Waals surface area contributed by atoms with Gasteiger partial charge >= 0.3 is 0 Å². The molecule has 0 radical (unpaired) electrons. The predicted octanol–water partition coefficient (Wildman–Crippen LogP) is 3.06. The molecular weight excluding hydrogens is 238 g/mol. The first kappa shape index (κ1) is 14.4. The lowest BCUT2D eigenvalue weighted by molar-refractivity contribution is 0.0115. The van der Waals surface area contributed by atoms with Gasteiger partial charge < -0.3 is 15.2 Å². The minimum Gasteiger partial charge on any atom is -0.507 e. The van der Waals surface area contributed by atoms with Gasteiger partial charge in [-0.05, 0) is 62.8 Å². The molecule has 1 aliphatic heterocycles. The zero-order valence-corrected chi connectivity index (χ0v) is 12.0. The van der Waals surface area contributed by atoms with Crippen molar-refractivity contribution in [2.24, 2.45) is 0 Å². The molecule has 1 aliphatic rings. The average molecular weight is 263 g/mol. The quantitative estimate of drug-likeness (QED) is 0.802. The summed E-state index contributed by atoms with van der Waals surface area (Å²) in [6.45, 7) is 6.67. The molecule has 1 unspecified atom stereocenters. The van der Waals surface area contributed by atoms with Gasteiger partial charge in [0.1, 0.15) is 5.75 Å². The van der Waals surface area contributed by atoms with Crippen molar-refractivity contribution in [1.82, 2.24) is 5.32 Å². The Bertz CT molecular complexity index is 388. The molecule has 1 heterocycles. The summed E-state index contributed by atoms with van der Waals surface area (Å²) in [4.78, 5) is 0. The van der Waals surface area contributed by atoms with E-state index in [9.17, 15) is 5.11 Å². The molecule has 1 saturated heterocycles. The third-order valence-electron chi connectivity index (χ3n) is 3.80. The third kappa shape index (κ3) is 4.22. The smallest absolute Gasteiger partial charge is 0.121 e. The monoisotopic (exact) mass is 263 g/mol. The summed E-state index contributed by atoms with van der Waals surface area (Å²) in [6, 6.07) is 4.10. The molecule has 1 aromatic carbocycles. The van der Waals surface area contributed by atoms with Crippen molar-refractivity contribution in [3.8, 4) is 5.75 Å². The Kier molecular flexibility index (Phi) is 5.23. The fourth-order valence-electron chi connectivity index (χ4n) is 2.68. The maximum absolute atomic E-state index is 9.74. The normalized spacial score (nSPS) is 19.6. The molecule has 0 saturated carbocycles. The first-order valence-corrected chi connectivity index (χ1v) is 7.28. The molecule has 2 rings (SSSR count). The highest BCUT2D eigenvalue weighted by Gasteiger charge is 2.12. The second-order valence-electron chi connectivity index (χ2n) is 5.53. The number of nitrogens with one attached hydrogen (secondary N) is 1. The third-order valence-corrected chi connectivity index (χ3v) is 3.80. The van der Waals surface area contributed by atoms with E-state index >= 15 is 0 Å². The van der Waals surface area contributed by atoms with Crippen LogP contribution >= 0.6 is 0 Å². The summed E-state index contributed by atoms with van der Waals surface area (Å²) in [5.74, 6) is 0.416. The highest BCUT2D eigenvalue weighted by molar-refractivity contribution is 5.42. The zero-order valence-electron chi connectivity index (χ0n) is 12.0. The summed E-state index contributed by atoms with van der Waals surface area (Å²) in [6.07, 6.45) is 5.27. The number of hydrogen-bond donors (Lipinski definition) is 2. The Balaban J connectivity index is 1.73. The molecule has 1 atom stereocenters. The molecule has 1 aromatic rings. The van der Waals surface area contributed by atoms with Crippen molar-refractivity contribution in [2.75, 3.05) is 13.2 Å². The van der Waals surface area contributed by atoms with Crippen LogP contribution in [0.1, 0.15) is 42.4 Å². The maximum Gasteiger partial charge on any atom is 0.121 e. The molecule has 2 N–H and O–H groups in total. The summed E-state index contributed by atoms with van der Waals surface area (Å²) in [5, 5.41) is 13.2. The van der Waals surface area contributed by atoms with Crippen molar-refractivity contribution < 1.29 is 9.84 Å². The Morgan fingerprint density at radius 2 is 2.00 bits per heavy atom. The highest BCUT2D eigenvalue weighted by atomic mass is 16.5. The summed E-state index contributed by atoms with van der Waals surface area (Å²) < 4.78 is 5.71. The molecule has 106 valence electrons. The number of ether oxygens (including phenoxy) is 1. The molecule has 1 fully saturated rings. The molecule has 0 spiro atoms. The fraction of sp³-hybridized carbons (Fsp3) is 0.625. The molecule has 3 heteroatoms. The number of phenols is 1. The number of benzene rings is 1. The van der Waals surface area contributed by atoms with E-state index in [0.717, 1.165) is 37.2 Å². The van der Waals surface area contributed by atoms with Crippen molar-refractivity contribution >= 4 is 0 Å². The van der Waals surface area contributed by atoms with Crippen LogP contribution in [0.3, 0.4) is 0 Å². The van der Waals surface area contributed by atoms with Gasteiger partial charge in [-0.15, -0.1) is 0 Å². The fourth-order valence-corrected chi connectivity index (χ4v) is 2.68. The van der Waals surface area contributed by atoms with E-state index in [2.05, 4.69) is 5.32 Å². The van der Waals surface area contributed by atoms with Gasteiger partial charge in [-0.25, -0.2) is 0 Å². The van der Waals surface area contributed by atoms with E-state index in [1.165, 1.54) is 24.8 Å². The van der Waals surface area contributed by atoms with Crippen LogP contribution in [-0.2, 0) is 11.3 Å². The van der Waals surface area contributed by atoms with E-state index in [1.807, 2.05) is 26.0 Å². The Morgan fingerprint density at radius 1 is 1.26 bits per heavy atom. The van der Waals surface area contributed by atoms with Crippen LogP contribution in [0.25, 0.3) is 0 Å². The topological polar surface area (TPSA) is 41.5 Å². The Labute approximate surface area is 116 Å². The second kappa shape index (κ2) is 6.92. The van der Waals surface area contributed by atoms with Crippen LogP contribution in [-0.4, -0.2) is 24.4 Å². The van der Waals surface area contributed by atoms with Gasteiger partial charge in [-0.1, -0.05) is 12.1 Å². The second-order valence-corrected chi connectivity index (χ2v) is 5.53. The van der Waals surface area contributed by atoms with Crippen molar-refractivity contribution in [3.05, 3.63) is 28.8 Å². The minimum absolute atomic E-state index is 0.416. The molecule has 19 heavy (non-hydrogen) atoms. The van der Waals surface area contributed by atoms with Crippen molar-refractivity contribution in [3.63, 3.8) is 0 Å². The molecule has 0 aliphatic carbocycles. The molecular formula is C16H25NO2. The highest BCUT2D eigenvalue weighted by Crippen LogP contribution is 2.22. The SMILES string of the molecule is Cc1cc(CNCCC2CCCCO2)cc(C)c1O. The van der Waals surface area contributed by atoms with Gasteiger partial charge in [0.15, 0.2) is 0 Å². The molecule has 3 nitrogen and oxygen atoms in total. The lowest BCUT2D eigenvalue weighted by Crippen LogP contribution is -2.25. The number of aryl methyl sites for hydroxylation is 2. The minimum atomic E-state index is 0.416. The average Bonchev–Trinajstić information content (AvgIpc) is 2.42. The van der Waals surface area contributed by atoms with E-state index in [-0.39, 0.29) is 0 Å². The van der Waals surface area contributed by atoms with Gasteiger partial charge in [0.2, 0.25) is 0 Å². The molecule has 0 bridgehead atoms. The van der Waals surface area contributed by atoms with E-state index in [4.69, 9.17) is 4.74 Å². The maximum atomic E-state index is 9.74. The number of aromatic hydroxyl groups is 1. The van der Waals surface area contributed by atoms with Crippen LogP contribution in [0, 0.1) is 13.8 Å². The largest absolute Gasteiger partial charge is 0.507 e. The Morgan fingerprint density at radius 3 is 2.63 bits per heavy atom. The van der Waals surface area contributed by atoms with Gasteiger partial charge in [0.25, 0.3) is 0 Å². The number of rotatable bonds is 5. The molecule has 0 aromatic heterocycles. The van der Waals surface area contributed by atoms with Crippen LogP contribution < -0.4 is 5.32 Å². The molecule has 0 amide bonds. The first-order chi connectivity index (χ1) is 9.16. The summed E-state index contributed by atoms with van der Waals surface area (Å²) >= 11 is 0. The summed E-state index contributed by atoms with van der Waals surface area (Å²) in [7, 11) is 0. The van der Waals surface area contributed by atoms with E-state index in [0.29, 0.717) is 11.9 Å². The van der Waals surface area contributed by atoms with E-state index in [1.54, 1.807) is 0 Å². The van der Waals surface area contributed by atoms with Gasteiger partial charge in [-0.3, -0.25) is 0 Å².